The van der Waals surface area contributed by atoms with Gasteiger partial charge in [-0.05, 0) is 36.8 Å². The Bertz CT molecular complexity index is 1410. The van der Waals surface area contributed by atoms with E-state index in [1.165, 1.54) is 30.3 Å². The van der Waals surface area contributed by atoms with Crippen LogP contribution in [-0.4, -0.2) is 50.3 Å². The van der Waals surface area contributed by atoms with Gasteiger partial charge in [0.05, 0.1) is 38.7 Å². The van der Waals surface area contributed by atoms with Crippen LogP contribution >= 0.6 is 0 Å². The van der Waals surface area contributed by atoms with Crippen molar-refractivity contribution in [3.8, 4) is 0 Å². The van der Waals surface area contributed by atoms with E-state index in [0.717, 1.165) is 0 Å². The largest absolute Gasteiger partial charge is 0.348 e. The molecule has 0 saturated carbocycles. The van der Waals surface area contributed by atoms with Gasteiger partial charge in [-0.3, -0.25) is 9.52 Å². The molecule has 1 aromatic heterocycles. The Morgan fingerprint density at radius 1 is 1.07 bits per heavy atom. The maximum atomic E-state index is 12.8. The maximum absolute atomic E-state index is 12.8. The number of imidazole rings is 1. The molecule has 3 aromatic rings. The quantitative estimate of drug-likeness (QED) is 0.445. The number of rotatable bonds is 5. The van der Waals surface area contributed by atoms with E-state index in [0.29, 0.717) is 17.5 Å². The van der Waals surface area contributed by atoms with E-state index in [-0.39, 0.29) is 27.7 Å². The number of carbonyl (C=O) groups is 1. The molecule has 1 aliphatic heterocycles. The molecule has 1 fully saturated rings. The first kappa shape index (κ1) is 20.2. The minimum Gasteiger partial charge on any atom is -0.348 e. The number of carbonyl (C=O) groups excluding carboxylic acids is 1. The predicted molar refractivity (Wildman–Crippen MR) is 111 cm³/mol. The monoisotopic (exact) mass is 450 g/mol. The smallest absolute Gasteiger partial charge is 0.323 e. The first-order valence-electron chi connectivity index (χ1n) is 8.98. The van der Waals surface area contributed by atoms with Crippen molar-refractivity contribution in [2.24, 2.45) is 0 Å². The number of para-hydroxylation sites is 1. The lowest BCUT2D eigenvalue weighted by molar-refractivity contribution is 0.0942. The van der Waals surface area contributed by atoms with Gasteiger partial charge in [0.25, 0.3) is 15.9 Å². The number of amides is 1. The molecule has 1 saturated heterocycles. The van der Waals surface area contributed by atoms with Crippen LogP contribution in [0.3, 0.4) is 0 Å². The summed E-state index contributed by atoms with van der Waals surface area (Å²) in [7, 11) is -7.23. The van der Waals surface area contributed by atoms with Crippen molar-refractivity contribution >= 4 is 42.5 Å². The van der Waals surface area contributed by atoms with E-state index in [9.17, 15) is 26.4 Å². The van der Waals surface area contributed by atoms with Crippen LogP contribution in [0.4, 0.5) is 5.69 Å². The Kier molecular flexibility index (Phi) is 4.90. The van der Waals surface area contributed by atoms with Crippen LogP contribution in [-0.2, 0) is 19.9 Å². The zero-order chi connectivity index (χ0) is 21.5. The summed E-state index contributed by atoms with van der Waals surface area (Å²) < 4.78 is 51.2. The maximum Gasteiger partial charge on any atom is 0.323 e. The zero-order valence-corrected chi connectivity index (χ0v) is 17.1. The third-order valence-electron chi connectivity index (χ3n) is 4.78. The Morgan fingerprint density at radius 3 is 2.53 bits per heavy atom. The molecule has 1 unspecified atom stereocenters. The van der Waals surface area contributed by atoms with Gasteiger partial charge >= 0.3 is 5.69 Å². The van der Waals surface area contributed by atoms with Gasteiger partial charge in [0.2, 0.25) is 0 Å². The third kappa shape index (κ3) is 4.09. The molecular formula is C18H18N4O6S2. The van der Waals surface area contributed by atoms with Crippen molar-refractivity contribution < 1.29 is 21.6 Å². The second-order valence-corrected chi connectivity index (χ2v) is 10.9. The number of H-pyrrole nitrogens is 2. The van der Waals surface area contributed by atoms with Crippen LogP contribution in [0.5, 0.6) is 0 Å². The Morgan fingerprint density at radius 2 is 1.80 bits per heavy atom. The first-order valence-corrected chi connectivity index (χ1v) is 12.3. The highest BCUT2D eigenvalue weighted by atomic mass is 32.2. The van der Waals surface area contributed by atoms with Crippen molar-refractivity contribution in [1.82, 2.24) is 15.3 Å². The molecule has 2 heterocycles. The Labute approximate surface area is 171 Å². The van der Waals surface area contributed by atoms with E-state index in [4.69, 9.17) is 0 Å². The molecular weight excluding hydrogens is 432 g/mol. The van der Waals surface area contributed by atoms with Crippen molar-refractivity contribution in [2.75, 3.05) is 16.2 Å². The summed E-state index contributed by atoms with van der Waals surface area (Å²) in [6.07, 6.45) is 0.316. The number of sulfone groups is 1. The standard InChI is InChI=1S/C18H18N4O6S2/c23-17(19-11-7-8-29(25,26)10-11)13-3-1-2-4-14(13)22-30(27,28)12-5-6-15-16(9-12)21-18(24)20-15/h1-6,9,11,22H,7-8,10H2,(H,19,23)(H2,20,21,24). The third-order valence-corrected chi connectivity index (χ3v) is 7.91. The second kappa shape index (κ2) is 7.29. The summed E-state index contributed by atoms with van der Waals surface area (Å²) >= 11 is 0. The number of hydrogen-bond acceptors (Lipinski definition) is 6. The summed E-state index contributed by atoms with van der Waals surface area (Å²) in [6, 6.07) is 9.62. The Hall–Kier alpha value is -3.12. The number of sulfonamides is 1. The van der Waals surface area contributed by atoms with Gasteiger partial charge in [-0.15, -0.1) is 0 Å². The average Bonchev–Trinajstić information content (AvgIpc) is 3.21. The molecule has 10 nitrogen and oxygen atoms in total. The lowest BCUT2D eigenvalue weighted by Crippen LogP contribution is -2.36. The molecule has 1 aliphatic rings. The van der Waals surface area contributed by atoms with E-state index < -0.39 is 37.5 Å². The molecule has 0 aliphatic carbocycles. The minimum absolute atomic E-state index is 0.00987. The number of nitrogens with one attached hydrogen (secondary N) is 4. The molecule has 2 aromatic carbocycles. The van der Waals surface area contributed by atoms with E-state index in [1.807, 2.05) is 0 Å². The van der Waals surface area contributed by atoms with Crippen LogP contribution in [0, 0.1) is 0 Å². The number of anilines is 1. The van der Waals surface area contributed by atoms with E-state index >= 15 is 0 Å². The highest BCUT2D eigenvalue weighted by molar-refractivity contribution is 7.92. The summed E-state index contributed by atoms with van der Waals surface area (Å²) in [4.78, 5) is 29.0. The van der Waals surface area contributed by atoms with Gasteiger partial charge in [0.15, 0.2) is 9.84 Å². The van der Waals surface area contributed by atoms with E-state index in [2.05, 4.69) is 20.0 Å². The first-order chi connectivity index (χ1) is 14.1. The number of aromatic nitrogens is 2. The number of aromatic amines is 2. The lowest BCUT2D eigenvalue weighted by atomic mass is 10.1. The summed E-state index contributed by atoms with van der Waals surface area (Å²) in [6.45, 7) is 0. The molecule has 158 valence electrons. The zero-order valence-electron chi connectivity index (χ0n) is 15.5. The van der Waals surface area contributed by atoms with Crippen LogP contribution in [0.15, 0.2) is 52.2 Å². The second-order valence-electron chi connectivity index (χ2n) is 7.01. The normalized spacial score (nSPS) is 18.3. The van der Waals surface area contributed by atoms with Gasteiger partial charge in [0.1, 0.15) is 0 Å². The fraction of sp³-hybridized carbons (Fsp3) is 0.222. The molecule has 1 atom stereocenters. The number of benzene rings is 2. The van der Waals surface area contributed by atoms with Gasteiger partial charge < -0.3 is 15.3 Å². The van der Waals surface area contributed by atoms with Crippen LogP contribution in [0.2, 0.25) is 0 Å². The van der Waals surface area contributed by atoms with Crippen molar-refractivity contribution in [2.45, 2.75) is 17.4 Å². The molecule has 0 bridgehead atoms. The van der Waals surface area contributed by atoms with E-state index in [1.54, 1.807) is 12.1 Å². The molecule has 1 amide bonds. The molecule has 0 spiro atoms. The van der Waals surface area contributed by atoms with Crippen molar-refractivity contribution in [3.63, 3.8) is 0 Å². The molecule has 4 N–H and O–H groups in total. The van der Waals surface area contributed by atoms with Gasteiger partial charge in [-0.2, -0.15) is 0 Å². The van der Waals surface area contributed by atoms with Gasteiger partial charge in [-0.1, -0.05) is 12.1 Å². The summed E-state index contributed by atoms with van der Waals surface area (Å²) in [5, 5.41) is 2.65. The molecule has 30 heavy (non-hydrogen) atoms. The fourth-order valence-corrected chi connectivity index (χ4v) is 6.10. The topological polar surface area (TPSA) is 158 Å². The number of fused-ring (bicyclic) bond motifs is 1. The highest BCUT2D eigenvalue weighted by Gasteiger charge is 2.30. The van der Waals surface area contributed by atoms with Crippen molar-refractivity contribution in [1.29, 1.82) is 0 Å². The van der Waals surface area contributed by atoms with Gasteiger partial charge in [0, 0.05) is 6.04 Å². The minimum atomic E-state index is -4.06. The van der Waals surface area contributed by atoms with Gasteiger partial charge in [-0.25, -0.2) is 21.6 Å². The SMILES string of the molecule is O=C(NC1CCS(=O)(=O)C1)c1ccccc1NS(=O)(=O)c1ccc2[nH]c(=O)[nH]c2c1. The fourth-order valence-electron chi connectivity index (χ4n) is 3.32. The molecule has 0 radical (unpaired) electrons. The molecule has 12 heteroatoms. The van der Waals surface area contributed by atoms with Crippen LogP contribution < -0.4 is 15.7 Å². The average molecular weight is 450 g/mol. The predicted octanol–water partition coefficient (Wildman–Crippen LogP) is 0.574. The van der Waals surface area contributed by atoms with Crippen LogP contribution in [0.25, 0.3) is 11.0 Å². The Balaban J connectivity index is 1.59. The molecule has 4 rings (SSSR count). The van der Waals surface area contributed by atoms with Crippen LogP contribution in [0.1, 0.15) is 16.8 Å². The summed E-state index contributed by atoms with van der Waals surface area (Å²) in [5.74, 6) is -0.696. The lowest BCUT2D eigenvalue weighted by Gasteiger charge is -2.15. The highest BCUT2D eigenvalue weighted by Crippen LogP contribution is 2.22. The van der Waals surface area contributed by atoms with Crippen molar-refractivity contribution in [3.05, 3.63) is 58.5 Å². The summed E-state index contributed by atoms with van der Waals surface area (Å²) in [5.41, 5.74) is 0.463. The number of hydrogen-bond donors (Lipinski definition) is 4.